The molecule has 2 atom stereocenters. The Kier molecular flexibility index (Phi) is 52.6. The van der Waals surface area contributed by atoms with Crippen molar-refractivity contribution >= 4 is 11.9 Å². The fraction of sp³-hybridized carbons (Fsp3) is 0.831. The van der Waals surface area contributed by atoms with Crippen LogP contribution in [0.1, 0.15) is 290 Å². The summed E-state index contributed by atoms with van der Waals surface area (Å²) in [6, 6.07) is -0.635. The number of aliphatic hydroxyl groups excluding tert-OH is 2. The molecule has 0 aromatic heterocycles. The standard InChI is InChI=1S/C59H109NO5/c1-3-5-7-9-11-13-15-17-24-29-33-37-41-45-49-53-59(64)65-54-50-46-42-38-34-30-26-23-21-19-20-22-25-28-32-36-40-44-48-52-58(63)60-56(55-61)57(62)51-47-43-39-35-31-27-18-16-14-12-10-8-6-4-2/h11,13,17,19-20,24,47,51,56-57,61-62H,3-10,12,14-16,18,21-23,25-46,48-50,52-55H2,1-2H3,(H,60,63)/b13-11-,20-19-,24-17-,51-47+. The van der Waals surface area contributed by atoms with Crippen LogP contribution in [0.25, 0.3) is 0 Å². The van der Waals surface area contributed by atoms with E-state index in [9.17, 15) is 19.8 Å². The molecular weight excluding hydrogens is 803 g/mol. The molecule has 0 rings (SSSR count). The number of ether oxygens (including phenoxy) is 1. The SMILES string of the molecule is CCCCC/C=C\C/C=C\CCCCCCCC(=O)OCCCCCCCCCC/C=C\CCCCCCCCCC(=O)NC(CO)C(O)/C=C/CCCCCCCCCCCCCC. The minimum absolute atomic E-state index is 0.0115. The first-order valence-corrected chi connectivity index (χ1v) is 28.4. The minimum Gasteiger partial charge on any atom is -0.466 e. The molecule has 2 unspecified atom stereocenters. The Morgan fingerprint density at radius 1 is 0.431 bits per heavy atom. The third-order valence-electron chi connectivity index (χ3n) is 12.8. The van der Waals surface area contributed by atoms with Crippen molar-refractivity contribution in [2.75, 3.05) is 13.2 Å². The Hall–Kier alpha value is -2.18. The highest BCUT2D eigenvalue weighted by Crippen LogP contribution is 2.15. The summed E-state index contributed by atoms with van der Waals surface area (Å²) >= 11 is 0. The van der Waals surface area contributed by atoms with Gasteiger partial charge in [0.1, 0.15) is 0 Å². The summed E-state index contributed by atoms with van der Waals surface area (Å²) < 4.78 is 5.46. The summed E-state index contributed by atoms with van der Waals surface area (Å²) in [5.41, 5.74) is 0. The minimum atomic E-state index is -0.851. The molecular formula is C59H109NO5. The van der Waals surface area contributed by atoms with E-state index in [0.717, 1.165) is 64.2 Å². The molecule has 0 fully saturated rings. The molecule has 3 N–H and O–H groups in total. The van der Waals surface area contributed by atoms with Gasteiger partial charge >= 0.3 is 5.97 Å². The highest BCUT2D eigenvalue weighted by molar-refractivity contribution is 5.76. The molecule has 0 heterocycles. The van der Waals surface area contributed by atoms with E-state index in [1.807, 2.05) is 6.08 Å². The second-order valence-electron chi connectivity index (χ2n) is 19.3. The molecule has 0 aliphatic heterocycles. The lowest BCUT2D eigenvalue weighted by atomic mass is 10.0. The number of unbranched alkanes of at least 4 members (excludes halogenated alkanes) is 35. The number of amides is 1. The quantitative estimate of drug-likeness (QED) is 0.0321. The van der Waals surface area contributed by atoms with Gasteiger partial charge in [0, 0.05) is 12.8 Å². The fourth-order valence-corrected chi connectivity index (χ4v) is 8.42. The number of allylic oxidation sites excluding steroid dienone is 7. The molecule has 0 radical (unpaired) electrons. The van der Waals surface area contributed by atoms with Gasteiger partial charge in [-0.2, -0.15) is 0 Å². The van der Waals surface area contributed by atoms with Gasteiger partial charge in [-0.3, -0.25) is 9.59 Å². The molecule has 0 aliphatic rings. The first-order valence-electron chi connectivity index (χ1n) is 28.4. The van der Waals surface area contributed by atoms with E-state index in [0.29, 0.717) is 19.4 Å². The van der Waals surface area contributed by atoms with Gasteiger partial charge in [0.05, 0.1) is 25.4 Å². The van der Waals surface area contributed by atoms with E-state index in [2.05, 4.69) is 55.6 Å². The van der Waals surface area contributed by atoms with Crippen LogP contribution in [0.2, 0.25) is 0 Å². The highest BCUT2D eigenvalue weighted by atomic mass is 16.5. The second kappa shape index (κ2) is 54.4. The van der Waals surface area contributed by atoms with Gasteiger partial charge in [-0.15, -0.1) is 0 Å². The van der Waals surface area contributed by atoms with Gasteiger partial charge in [0.15, 0.2) is 0 Å². The van der Waals surface area contributed by atoms with Gasteiger partial charge in [0.2, 0.25) is 5.91 Å². The lowest BCUT2D eigenvalue weighted by Gasteiger charge is -2.20. The van der Waals surface area contributed by atoms with Crippen LogP contribution >= 0.6 is 0 Å². The maximum Gasteiger partial charge on any atom is 0.305 e. The van der Waals surface area contributed by atoms with E-state index >= 15 is 0 Å². The van der Waals surface area contributed by atoms with Crippen LogP contribution < -0.4 is 5.32 Å². The van der Waals surface area contributed by atoms with E-state index in [1.54, 1.807) is 6.08 Å². The van der Waals surface area contributed by atoms with Crippen LogP contribution in [0, 0.1) is 0 Å². The molecule has 0 bridgehead atoms. The number of rotatable bonds is 52. The fourth-order valence-electron chi connectivity index (χ4n) is 8.42. The van der Waals surface area contributed by atoms with Gasteiger partial charge in [0.25, 0.3) is 0 Å². The summed E-state index contributed by atoms with van der Waals surface area (Å²) in [5.74, 6) is -0.0900. The summed E-state index contributed by atoms with van der Waals surface area (Å²) in [5, 5.41) is 23.1. The molecule has 0 saturated heterocycles. The third-order valence-corrected chi connectivity index (χ3v) is 12.8. The number of hydrogen-bond donors (Lipinski definition) is 3. The van der Waals surface area contributed by atoms with Crippen LogP contribution in [0.5, 0.6) is 0 Å². The van der Waals surface area contributed by atoms with Crippen molar-refractivity contribution in [3.8, 4) is 0 Å². The number of hydrogen-bond acceptors (Lipinski definition) is 5. The predicted octanol–water partition coefficient (Wildman–Crippen LogP) is 17.4. The van der Waals surface area contributed by atoms with Crippen LogP contribution in [-0.2, 0) is 14.3 Å². The first-order chi connectivity index (χ1) is 32.0. The molecule has 1 amide bonds. The number of esters is 1. The first kappa shape index (κ1) is 62.8. The Bertz CT molecular complexity index is 1100. The normalized spacial score (nSPS) is 13.0. The molecule has 6 nitrogen and oxygen atoms in total. The molecule has 0 saturated carbocycles. The molecule has 6 heteroatoms. The van der Waals surface area contributed by atoms with E-state index in [1.165, 1.54) is 199 Å². The zero-order valence-electron chi connectivity index (χ0n) is 43.2. The van der Waals surface area contributed by atoms with Crippen molar-refractivity contribution in [2.45, 2.75) is 302 Å². The number of nitrogens with one attached hydrogen (secondary N) is 1. The molecule has 0 spiro atoms. The average molecular weight is 913 g/mol. The molecule has 0 aromatic rings. The second-order valence-corrected chi connectivity index (χ2v) is 19.3. The number of carbonyl (C=O) groups is 2. The molecule has 0 aliphatic carbocycles. The van der Waals surface area contributed by atoms with Crippen LogP contribution in [-0.4, -0.2) is 47.4 Å². The summed E-state index contributed by atoms with van der Waals surface area (Å²) in [6.45, 7) is 4.85. The third kappa shape index (κ3) is 51.1. The van der Waals surface area contributed by atoms with Crippen molar-refractivity contribution in [2.24, 2.45) is 0 Å². The monoisotopic (exact) mass is 912 g/mol. The van der Waals surface area contributed by atoms with Crippen molar-refractivity contribution in [3.05, 3.63) is 48.6 Å². The zero-order chi connectivity index (χ0) is 47.2. The Morgan fingerprint density at radius 3 is 1.22 bits per heavy atom. The van der Waals surface area contributed by atoms with Crippen molar-refractivity contribution in [3.63, 3.8) is 0 Å². The maximum absolute atomic E-state index is 12.4. The smallest absolute Gasteiger partial charge is 0.305 e. The van der Waals surface area contributed by atoms with E-state index < -0.39 is 12.1 Å². The number of aliphatic hydroxyl groups is 2. The van der Waals surface area contributed by atoms with Crippen LogP contribution in [0.3, 0.4) is 0 Å². The van der Waals surface area contributed by atoms with Crippen molar-refractivity contribution < 1.29 is 24.5 Å². The van der Waals surface area contributed by atoms with Crippen molar-refractivity contribution in [1.29, 1.82) is 0 Å². The topological polar surface area (TPSA) is 95.9 Å². The van der Waals surface area contributed by atoms with Gasteiger partial charge < -0.3 is 20.3 Å². The molecule has 65 heavy (non-hydrogen) atoms. The van der Waals surface area contributed by atoms with Gasteiger partial charge in [-0.25, -0.2) is 0 Å². The summed E-state index contributed by atoms with van der Waals surface area (Å²) in [4.78, 5) is 24.5. The molecule has 380 valence electrons. The van der Waals surface area contributed by atoms with Crippen LogP contribution in [0.4, 0.5) is 0 Å². The summed E-state index contributed by atoms with van der Waals surface area (Å²) in [7, 11) is 0. The van der Waals surface area contributed by atoms with Gasteiger partial charge in [-0.1, -0.05) is 236 Å². The predicted molar refractivity (Wildman–Crippen MR) is 282 cm³/mol. The molecule has 0 aromatic carbocycles. The summed E-state index contributed by atoms with van der Waals surface area (Å²) in [6.07, 6.45) is 68.4. The zero-order valence-corrected chi connectivity index (χ0v) is 43.2. The van der Waals surface area contributed by atoms with Gasteiger partial charge in [-0.05, 0) is 89.9 Å². The maximum atomic E-state index is 12.4. The highest BCUT2D eigenvalue weighted by Gasteiger charge is 2.18. The van der Waals surface area contributed by atoms with E-state index in [4.69, 9.17) is 4.74 Å². The number of carbonyl (C=O) groups excluding carboxylic acids is 2. The largest absolute Gasteiger partial charge is 0.466 e. The van der Waals surface area contributed by atoms with Crippen molar-refractivity contribution in [1.82, 2.24) is 5.32 Å². The average Bonchev–Trinajstić information content (AvgIpc) is 3.31. The van der Waals surface area contributed by atoms with E-state index in [-0.39, 0.29) is 18.5 Å². The Balaban J connectivity index is 3.48. The lowest BCUT2D eigenvalue weighted by Crippen LogP contribution is -2.45. The van der Waals surface area contributed by atoms with Crippen LogP contribution in [0.15, 0.2) is 48.6 Å². The lowest BCUT2D eigenvalue weighted by molar-refractivity contribution is -0.143. The Morgan fingerprint density at radius 2 is 0.769 bits per heavy atom. The Labute approximate surface area is 404 Å².